The molecule has 8 heteroatoms. The Morgan fingerprint density at radius 1 is 1.14 bits per heavy atom. The predicted octanol–water partition coefficient (Wildman–Crippen LogP) is 0.321. The number of piperazine rings is 1. The summed E-state index contributed by atoms with van der Waals surface area (Å²) in [6, 6.07) is 0. The van der Waals surface area contributed by atoms with Gasteiger partial charge < -0.3 is 15.5 Å². The van der Waals surface area contributed by atoms with E-state index in [2.05, 4.69) is 9.97 Å². The highest BCUT2D eigenvalue weighted by molar-refractivity contribution is 5.93. The van der Waals surface area contributed by atoms with Crippen LogP contribution in [0.2, 0.25) is 0 Å². The molecule has 0 unspecified atom stereocenters. The number of nitrogen functional groups attached to an aromatic ring is 1. The molecule has 1 amide bonds. The van der Waals surface area contributed by atoms with Gasteiger partial charge in [0.2, 0.25) is 5.95 Å². The number of aromatic nitrogens is 2. The minimum atomic E-state index is -0.547. The highest BCUT2D eigenvalue weighted by atomic mass is 16.7. The van der Waals surface area contributed by atoms with Crippen molar-refractivity contribution in [2.75, 3.05) is 31.9 Å². The van der Waals surface area contributed by atoms with E-state index in [-0.39, 0.29) is 17.8 Å². The van der Waals surface area contributed by atoms with Crippen LogP contribution in [0, 0.1) is 5.41 Å². The molecule has 0 spiro atoms. The Bertz CT molecular complexity index is 545. The van der Waals surface area contributed by atoms with Crippen molar-refractivity contribution < 1.29 is 14.4 Å². The molecule has 2 heterocycles. The molecule has 0 saturated carbocycles. The van der Waals surface area contributed by atoms with Gasteiger partial charge in [-0.1, -0.05) is 0 Å². The second kappa shape index (κ2) is 6.27. The van der Waals surface area contributed by atoms with E-state index in [0.717, 1.165) is 0 Å². The molecule has 2 rings (SSSR count). The number of amides is 1. The zero-order valence-corrected chi connectivity index (χ0v) is 13.1. The third-order valence-corrected chi connectivity index (χ3v) is 3.27. The van der Waals surface area contributed by atoms with Crippen LogP contribution in [0.3, 0.4) is 0 Å². The maximum atomic E-state index is 12.3. The van der Waals surface area contributed by atoms with Crippen molar-refractivity contribution in [2.45, 2.75) is 20.8 Å². The van der Waals surface area contributed by atoms with Crippen LogP contribution in [0.25, 0.3) is 0 Å². The number of hydrogen-bond donors (Lipinski definition) is 1. The van der Waals surface area contributed by atoms with Gasteiger partial charge in [-0.2, -0.15) is 0 Å². The molecule has 120 valence electrons. The number of carbonyl (C=O) groups is 2. The van der Waals surface area contributed by atoms with Crippen LogP contribution in [0.5, 0.6) is 0 Å². The van der Waals surface area contributed by atoms with Crippen molar-refractivity contribution in [3.63, 3.8) is 0 Å². The molecule has 1 aliphatic rings. The second-order valence-electron chi connectivity index (χ2n) is 6.18. The first kappa shape index (κ1) is 16.2. The topological polar surface area (TPSA) is 102 Å². The third kappa shape index (κ3) is 3.91. The standard InChI is InChI=1S/C14H21N5O3/c1-14(2,3)12(21)22-19-6-4-18(5-7-19)11(20)10-8-16-13(15)17-9-10/h8-9H,4-7H2,1-3H3,(H2,15,16,17). The van der Waals surface area contributed by atoms with Gasteiger partial charge >= 0.3 is 5.97 Å². The zero-order chi connectivity index (χ0) is 16.3. The summed E-state index contributed by atoms with van der Waals surface area (Å²) in [7, 11) is 0. The second-order valence-corrected chi connectivity index (χ2v) is 6.18. The number of anilines is 1. The van der Waals surface area contributed by atoms with E-state index in [1.165, 1.54) is 12.4 Å². The Labute approximate surface area is 129 Å². The van der Waals surface area contributed by atoms with E-state index in [9.17, 15) is 9.59 Å². The maximum absolute atomic E-state index is 12.3. The van der Waals surface area contributed by atoms with Crippen LogP contribution in [-0.4, -0.2) is 58.0 Å². The van der Waals surface area contributed by atoms with E-state index >= 15 is 0 Å². The molecule has 1 aliphatic heterocycles. The van der Waals surface area contributed by atoms with Crippen molar-refractivity contribution in [3.05, 3.63) is 18.0 Å². The van der Waals surface area contributed by atoms with Crippen molar-refractivity contribution in [1.29, 1.82) is 0 Å². The first-order valence-corrected chi connectivity index (χ1v) is 7.11. The SMILES string of the molecule is CC(C)(C)C(=O)ON1CCN(C(=O)c2cnc(N)nc2)CC1. The molecule has 2 N–H and O–H groups in total. The third-order valence-electron chi connectivity index (χ3n) is 3.27. The summed E-state index contributed by atoms with van der Waals surface area (Å²) in [4.78, 5) is 38.7. The lowest BCUT2D eigenvalue weighted by Crippen LogP contribution is -2.50. The van der Waals surface area contributed by atoms with Crippen LogP contribution < -0.4 is 5.73 Å². The van der Waals surface area contributed by atoms with Gasteiger partial charge in [0.1, 0.15) is 0 Å². The molecule has 0 bridgehead atoms. The van der Waals surface area contributed by atoms with E-state index in [1.807, 2.05) is 0 Å². The number of nitrogens with two attached hydrogens (primary N) is 1. The minimum Gasteiger partial charge on any atom is -0.368 e. The van der Waals surface area contributed by atoms with E-state index < -0.39 is 5.41 Å². The first-order valence-electron chi connectivity index (χ1n) is 7.11. The van der Waals surface area contributed by atoms with Crippen molar-refractivity contribution in [3.8, 4) is 0 Å². The lowest BCUT2D eigenvalue weighted by molar-refractivity contribution is -0.205. The van der Waals surface area contributed by atoms with Crippen molar-refractivity contribution >= 4 is 17.8 Å². The zero-order valence-electron chi connectivity index (χ0n) is 13.1. The molecule has 8 nitrogen and oxygen atoms in total. The molecule has 1 aromatic heterocycles. The molecule has 1 saturated heterocycles. The van der Waals surface area contributed by atoms with Gasteiger partial charge in [-0.25, -0.2) is 14.8 Å². The van der Waals surface area contributed by atoms with Crippen molar-refractivity contribution in [2.24, 2.45) is 5.41 Å². The molecular weight excluding hydrogens is 286 g/mol. The summed E-state index contributed by atoms with van der Waals surface area (Å²) >= 11 is 0. The van der Waals surface area contributed by atoms with Crippen LogP contribution in [0.15, 0.2) is 12.4 Å². The van der Waals surface area contributed by atoms with Gasteiger partial charge in [0.05, 0.1) is 24.1 Å². The minimum absolute atomic E-state index is 0.135. The first-order chi connectivity index (χ1) is 10.3. The quantitative estimate of drug-likeness (QED) is 0.839. The van der Waals surface area contributed by atoms with Crippen molar-refractivity contribution in [1.82, 2.24) is 19.9 Å². The monoisotopic (exact) mass is 307 g/mol. The van der Waals surface area contributed by atoms with Gasteiger partial charge in [0.15, 0.2) is 0 Å². The molecular formula is C14H21N5O3. The lowest BCUT2D eigenvalue weighted by Gasteiger charge is -2.34. The fourth-order valence-corrected chi connectivity index (χ4v) is 1.87. The predicted molar refractivity (Wildman–Crippen MR) is 79.5 cm³/mol. The van der Waals surface area contributed by atoms with Gasteiger partial charge in [0.25, 0.3) is 5.91 Å². The number of hydroxylamine groups is 2. The summed E-state index contributed by atoms with van der Waals surface area (Å²) in [5.74, 6) is -0.295. The average Bonchev–Trinajstić information content (AvgIpc) is 2.47. The van der Waals surface area contributed by atoms with Crippen LogP contribution in [0.1, 0.15) is 31.1 Å². The van der Waals surface area contributed by atoms with E-state index in [0.29, 0.717) is 31.7 Å². The average molecular weight is 307 g/mol. The smallest absolute Gasteiger partial charge is 0.330 e. The fourth-order valence-electron chi connectivity index (χ4n) is 1.87. The van der Waals surface area contributed by atoms with Crippen LogP contribution in [-0.2, 0) is 9.63 Å². The highest BCUT2D eigenvalue weighted by Crippen LogP contribution is 2.17. The Hall–Kier alpha value is -2.22. The van der Waals surface area contributed by atoms with Gasteiger partial charge in [-0.3, -0.25) is 4.79 Å². The summed E-state index contributed by atoms with van der Waals surface area (Å²) in [5, 5.41) is 1.59. The Morgan fingerprint density at radius 3 is 2.18 bits per heavy atom. The summed E-state index contributed by atoms with van der Waals surface area (Å²) in [5.41, 5.74) is 5.25. The Morgan fingerprint density at radius 2 is 1.68 bits per heavy atom. The normalized spacial score (nSPS) is 16.4. The number of hydrogen-bond acceptors (Lipinski definition) is 7. The highest BCUT2D eigenvalue weighted by Gasteiger charge is 2.29. The summed E-state index contributed by atoms with van der Waals surface area (Å²) < 4.78 is 0. The Kier molecular flexibility index (Phi) is 4.60. The molecule has 1 aromatic rings. The lowest BCUT2D eigenvalue weighted by atomic mass is 9.98. The van der Waals surface area contributed by atoms with E-state index in [4.69, 9.17) is 10.6 Å². The molecule has 0 atom stereocenters. The molecule has 1 fully saturated rings. The molecule has 0 aromatic carbocycles. The molecule has 0 radical (unpaired) electrons. The summed E-state index contributed by atoms with van der Waals surface area (Å²) in [6.45, 7) is 7.30. The van der Waals surface area contributed by atoms with E-state index in [1.54, 1.807) is 30.7 Å². The maximum Gasteiger partial charge on any atom is 0.330 e. The van der Waals surface area contributed by atoms with Gasteiger partial charge in [-0.05, 0) is 20.8 Å². The summed E-state index contributed by atoms with van der Waals surface area (Å²) in [6.07, 6.45) is 2.83. The number of carbonyl (C=O) groups excluding carboxylic acids is 2. The molecule has 22 heavy (non-hydrogen) atoms. The number of rotatable bonds is 2. The van der Waals surface area contributed by atoms with Crippen LogP contribution >= 0.6 is 0 Å². The van der Waals surface area contributed by atoms with Gasteiger partial charge in [0, 0.05) is 25.5 Å². The fraction of sp³-hybridized carbons (Fsp3) is 0.571. The Balaban J connectivity index is 1.88. The van der Waals surface area contributed by atoms with Crippen LogP contribution in [0.4, 0.5) is 5.95 Å². The largest absolute Gasteiger partial charge is 0.368 e. The van der Waals surface area contributed by atoms with Gasteiger partial charge in [-0.15, -0.1) is 5.06 Å². The number of nitrogens with zero attached hydrogens (tertiary/aromatic N) is 4. The molecule has 0 aliphatic carbocycles.